The molecule has 0 fully saturated rings. The molecule has 0 amide bonds. The van der Waals surface area contributed by atoms with Gasteiger partial charge in [0.15, 0.2) is 0 Å². The van der Waals surface area contributed by atoms with Gasteiger partial charge in [0, 0.05) is 11.6 Å². The minimum Gasteiger partial charge on any atom is -0.271 e. The van der Waals surface area contributed by atoms with Crippen LogP contribution >= 0.6 is 0 Å². The number of pyridine rings is 1. The van der Waals surface area contributed by atoms with Crippen LogP contribution in [-0.4, -0.2) is 4.98 Å². The Morgan fingerprint density at radius 1 is 1.41 bits per heavy atom. The standard InChI is InChI=1S/C14H17N3/c1-10(2)9-13(17-15)14-12-6-4-3-5-11(12)7-8-16-14/h3-8,13,17H,1,9,15H2,2H3. The fourth-order valence-corrected chi connectivity index (χ4v) is 2.00. The first-order valence-corrected chi connectivity index (χ1v) is 5.66. The molecule has 1 heterocycles. The highest BCUT2D eigenvalue weighted by Crippen LogP contribution is 2.25. The summed E-state index contributed by atoms with van der Waals surface area (Å²) in [5.41, 5.74) is 4.88. The second kappa shape index (κ2) is 5.08. The van der Waals surface area contributed by atoms with Gasteiger partial charge in [0.25, 0.3) is 0 Å². The highest BCUT2D eigenvalue weighted by Gasteiger charge is 2.14. The zero-order valence-corrected chi connectivity index (χ0v) is 9.98. The van der Waals surface area contributed by atoms with E-state index in [2.05, 4.69) is 29.1 Å². The number of aromatic nitrogens is 1. The van der Waals surface area contributed by atoms with E-state index in [-0.39, 0.29) is 6.04 Å². The zero-order valence-electron chi connectivity index (χ0n) is 9.98. The second-order valence-electron chi connectivity index (χ2n) is 4.30. The van der Waals surface area contributed by atoms with Crippen LogP contribution in [0.5, 0.6) is 0 Å². The Hall–Kier alpha value is -1.71. The molecule has 0 radical (unpaired) electrons. The molecule has 0 spiro atoms. The van der Waals surface area contributed by atoms with Crippen molar-refractivity contribution in [3.63, 3.8) is 0 Å². The van der Waals surface area contributed by atoms with E-state index in [1.54, 1.807) is 0 Å². The highest BCUT2D eigenvalue weighted by molar-refractivity contribution is 5.84. The van der Waals surface area contributed by atoms with Crippen LogP contribution in [-0.2, 0) is 0 Å². The van der Waals surface area contributed by atoms with Gasteiger partial charge in [0.2, 0.25) is 0 Å². The molecule has 1 unspecified atom stereocenters. The van der Waals surface area contributed by atoms with E-state index >= 15 is 0 Å². The lowest BCUT2D eigenvalue weighted by Gasteiger charge is -2.17. The third-order valence-electron chi connectivity index (χ3n) is 2.79. The molecule has 0 saturated heterocycles. The minimum absolute atomic E-state index is 0.0126. The maximum absolute atomic E-state index is 5.61. The SMILES string of the molecule is C=C(C)CC(NN)c1nccc2ccccc12. The summed E-state index contributed by atoms with van der Waals surface area (Å²) in [5.74, 6) is 5.61. The third kappa shape index (κ3) is 2.52. The maximum atomic E-state index is 5.61. The largest absolute Gasteiger partial charge is 0.271 e. The van der Waals surface area contributed by atoms with Crippen molar-refractivity contribution in [1.29, 1.82) is 0 Å². The Kier molecular flexibility index (Phi) is 3.52. The Morgan fingerprint density at radius 2 is 2.18 bits per heavy atom. The van der Waals surface area contributed by atoms with Crippen molar-refractivity contribution >= 4 is 10.8 Å². The van der Waals surface area contributed by atoms with E-state index in [0.29, 0.717) is 0 Å². The van der Waals surface area contributed by atoms with E-state index < -0.39 is 0 Å². The first kappa shape index (κ1) is 11.8. The molecular formula is C14H17N3. The van der Waals surface area contributed by atoms with Crippen molar-refractivity contribution in [1.82, 2.24) is 10.4 Å². The summed E-state index contributed by atoms with van der Waals surface area (Å²) in [5, 5.41) is 2.32. The fraction of sp³-hybridized carbons (Fsp3) is 0.214. The number of nitrogens with zero attached hydrogens (tertiary/aromatic N) is 1. The van der Waals surface area contributed by atoms with Gasteiger partial charge < -0.3 is 0 Å². The Balaban J connectivity index is 2.49. The average molecular weight is 227 g/mol. The second-order valence-corrected chi connectivity index (χ2v) is 4.30. The lowest BCUT2D eigenvalue weighted by molar-refractivity contribution is 0.541. The quantitative estimate of drug-likeness (QED) is 0.479. The minimum atomic E-state index is 0.0126. The Morgan fingerprint density at radius 3 is 2.88 bits per heavy atom. The topological polar surface area (TPSA) is 50.9 Å². The van der Waals surface area contributed by atoms with Crippen LogP contribution in [0.3, 0.4) is 0 Å². The van der Waals surface area contributed by atoms with E-state index in [1.165, 1.54) is 5.39 Å². The number of fused-ring (bicyclic) bond motifs is 1. The molecule has 2 aromatic rings. The zero-order chi connectivity index (χ0) is 12.3. The van der Waals surface area contributed by atoms with Gasteiger partial charge in [0.1, 0.15) is 0 Å². The highest BCUT2D eigenvalue weighted by atomic mass is 15.2. The molecule has 17 heavy (non-hydrogen) atoms. The summed E-state index contributed by atoms with van der Waals surface area (Å²) in [7, 11) is 0. The van der Waals surface area contributed by atoms with E-state index in [1.807, 2.05) is 31.3 Å². The van der Waals surface area contributed by atoms with Crippen LogP contribution in [0.25, 0.3) is 10.8 Å². The number of nitrogens with two attached hydrogens (primary N) is 1. The molecular weight excluding hydrogens is 210 g/mol. The van der Waals surface area contributed by atoms with Crippen LogP contribution in [0.4, 0.5) is 0 Å². The van der Waals surface area contributed by atoms with Gasteiger partial charge in [-0.25, -0.2) is 0 Å². The molecule has 2 rings (SSSR count). The van der Waals surface area contributed by atoms with Crippen molar-refractivity contribution in [3.05, 3.63) is 54.4 Å². The van der Waals surface area contributed by atoms with Crippen molar-refractivity contribution in [2.75, 3.05) is 0 Å². The molecule has 3 nitrogen and oxygen atoms in total. The van der Waals surface area contributed by atoms with Crippen molar-refractivity contribution in [3.8, 4) is 0 Å². The number of benzene rings is 1. The summed E-state index contributed by atoms with van der Waals surface area (Å²) in [6.07, 6.45) is 2.61. The number of hydrogen-bond donors (Lipinski definition) is 2. The van der Waals surface area contributed by atoms with Gasteiger partial charge in [-0.2, -0.15) is 0 Å². The third-order valence-corrected chi connectivity index (χ3v) is 2.79. The van der Waals surface area contributed by atoms with Gasteiger partial charge in [-0.15, -0.1) is 6.58 Å². The van der Waals surface area contributed by atoms with Crippen molar-refractivity contribution in [2.24, 2.45) is 5.84 Å². The van der Waals surface area contributed by atoms with Crippen LogP contribution < -0.4 is 11.3 Å². The van der Waals surface area contributed by atoms with Crippen LogP contribution in [0.15, 0.2) is 48.7 Å². The summed E-state index contributed by atoms with van der Waals surface area (Å²) < 4.78 is 0. The summed E-state index contributed by atoms with van der Waals surface area (Å²) >= 11 is 0. The van der Waals surface area contributed by atoms with Gasteiger partial charge in [-0.05, 0) is 24.8 Å². The summed E-state index contributed by atoms with van der Waals surface area (Å²) in [6.45, 7) is 5.92. The molecule has 1 aromatic carbocycles. The Labute approximate surface area is 101 Å². The van der Waals surface area contributed by atoms with E-state index in [4.69, 9.17) is 5.84 Å². The molecule has 0 aliphatic heterocycles. The molecule has 0 bridgehead atoms. The normalized spacial score (nSPS) is 12.6. The molecule has 0 aliphatic carbocycles. The van der Waals surface area contributed by atoms with Gasteiger partial charge in [0.05, 0.1) is 11.7 Å². The molecule has 1 atom stereocenters. The predicted octanol–water partition coefficient (Wildman–Crippen LogP) is 2.71. The summed E-state index contributed by atoms with van der Waals surface area (Å²) in [4.78, 5) is 4.45. The van der Waals surface area contributed by atoms with Gasteiger partial charge >= 0.3 is 0 Å². The average Bonchev–Trinajstić information content (AvgIpc) is 2.35. The monoisotopic (exact) mass is 227 g/mol. The van der Waals surface area contributed by atoms with Crippen molar-refractivity contribution < 1.29 is 0 Å². The Bertz CT molecular complexity index is 528. The number of hydrazine groups is 1. The lowest BCUT2D eigenvalue weighted by Crippen LogP contribution is -2.29. The molecule has 0 saturated carbocycles. The first-order valence-electron chi connectivity index (χ1n) is 5.66. The van der Waals surface area contributed by atoms with Crippen LogP contribution in [0, 0.1) is 0 Å². The van der Waals surface area contributed by atoms with Gasteiger partial charge in [-0.1, -0.05) is 29.8 Å². The number of rotatable bonds is 4. The van der Waals surface area contributed by atoms with Gasteiger partial charge in [-0.3, -0.25) is 16.3 Å². The molecule has 88 valence electrons. The van der Waals surface area contributed by atoms with E-state index in [0.717, 1.165) is 23.1 Å². The van der Waals surface area contributed by atoms with Crippen molar-refractivity contribution in [2.45, 2.75) is 19.4 Å². The fourth-order valence-electron chi connectivity index (χ4n) is 2.00. The predicted molar refractivity (Wildman–Crippen MR) is 71.2 cm³/mol. The molecule has 0 aliphatic rings. The number of hydrogen-bond acceptors (Lipinski definition) is 3. The van der Waals surface area contributed by atoms with Crippen LogP contribution in [0.2, 0.25) is 0 Å². The molecule has 3 N–H and O–H groups in total. The first-order chi connectivity index (χ1) is 8.22. The lowest BCUT2D eigenvalue weighted by atomic mass is 10.0. The van der Waals surface area contributed by atoms with E-state index in [9.17, 15) is 0 Å². The maximum Gasteiger partial charge on any atom is 0.0675 e. The molecule has 3 heteroatoms. The smallest absolute Gasteiger partial charge is 0.0675 e. The van der Waals surface area contributed by atoms with Crippen LogP contribution in [0.1, 0.15) is 25.1 Å². The molecule has 1 aromatic heterocycles. The summed E-state index contributed by atoms with van der Waals surface area (Å²) in [6, 6.07) is 10.2. The number of nitrogens with one attached hydrogen (secondary N) is 1.